The summed E-state index contributed by atoms with van der Waals surface area (Å²) < 4.78 is 4.64. The van der Waals surface area contributed by atoms with Crippen LogP contribution in [-0.2, 0) is 9.53 Å². The third-order valence-corrected chi connectivity index (χ3v) is 5.83. The summed E-state index contributed by atoms with van der Waals surface area (Å²) in [6.07, 6.45) is 34.7. The lowest BCUT2D eigenvalue weighted by atomic mass is 10.1. The third-order valence-electron chi connectivity index (χ3n) is 5.83. The molecule has 32 heavy (non-hydrogen) atoms. The van der Waals surface area contributed by atoms with Gasteiger partial charge >= 0.3 is 5.97 Å². The van der Waals surface area contributed by atoms with E-state index in [-0.39, 0.29) is 5.97 Å². The summed E-state index contributed by atoms with van der Waals surface area (Å²) in [5, 5.41) is 10.0. The minimum atomic E-state index is -0.390. The van der Waals surface area contributed by atoms with Gasteiger partial charge in [-0.15, -0.1) is 0 Å². The van der Waals surface area contributed by atoms with Crippen LogP contribution in [-0.4, -0.2) is 24.3 Å². The number of allylic oxidation sites excluding steroid dienone is 4. The summed E-state index contributed by atoms with van der Waals surface area (Å²) in [5.41, 5.74) is 0. The molecule has 0 saturated heterocycles. The van der Waals surface area contributed by atoms with E-state index in [0.29, 0.717) is 12.8 Å². The Kier molecular flexibility index (Phi) is 24.8. The molecule has 3 nitrogen and oxygen atoms in total. The van der Waals surface area contributed by atoms with E-state index in [0.717, 1.165) is 25.7 Å². The van der Waals surface area contributed by atoms with Crippen LogP contribution >= 0.6 is 0 Å². The SMILES string of the molecule is CCCCCCCCCCCC/C=C/C[C@H](O)/C=C/C=C/CCCCCCCC(=O)OC. The summed E-state index contributed by atoms with van der Waals surface area (Å²) in [6.45, 7) is 2.27. The van der Waals surface area contributed by atoms with Crippen molar-refractivity contribution >= 4 is 5.97 Å². The zero-order valence-electron chi connectivity index (χ0n) is 21.2. The van der Waals surface area contributed by atoms with Crippen LogP contribution in [0.2, 0.25) is 0 Å². The first-order valence-electron chi connectivity index (χ1n) is 13.4. The van der Waals surface area contributed by atoms with Crippen molar-refractivity contribution in [1.82, 2.24) is 0 Å². The Balaban J connectivity index is 3.43. The van der Waals surface area contributed by atoms with Crippen LogP contribution in [0.25, 0.3) is 0 Å². The molecule has 0 saturated carbocycles. The molecule has 0 aromatic heterocycles. The van der Waals surface area contributed by atoms with Crippen molar-refractivity contribution in [3.8, 4) is 0 Å². The largest absolute Gasteiger partial charge is 0.469 e. The number of esters is 1. The Hall–Kier alpha value is -1.35. The lowest BCUT2D eigenvalue weighted by Gasteiger charge is -2.02. The first kappa shape index (κ1) is 30.6. The molecule has 0 fully saturated rings. The normalized spacial score (nSPS) is 13.0. The fourth-order valence-corrected chi connectivity index (χ4v) is 3.71. The van der Waals surface area contributed by atoms with Crippen LogP contribution < -0.4 is 0 Å². The lowest BCUT2D eigenvalue weighted by Crippen LogP contribution is -1.99. The Morgan fingerprint density at radius 3 is 1.84 bits per heavy atom. The van der Waals surface area contributed by atoms with Crippen LogP contribution in [0.3, 0.4) is 0 Å². The van der Waals surface area contributed by atoms with Crippen LogP contribution in [0, 0.1) is 0 Å². The summed E-state index contributed by atoms with van der Waals surface area (Å²) in [6, 6.07) is 0. The molecule has 0 aromatic rings. The minimum absolute atomic E-state index is 0.105. The molecule has 0 rings (SSSR count). The van der Waals surface area contributed by atoms with Gasteiger partial charge in [0.05, 0.1) is 13.2 Å². The summed E-state index contributed by atoms with van der Waals surface area (Å²) in [7, 11) is 1.44. The second-order valence-electron chi connectivity index (χ2n) is 8.94. The Labute approximate surface area is 199 Å². The molecule has 0 heterocycles. The van der Waals surface area contributed by atoms with Crippen LogP contribution in [0.1, 0.15) is 129 Å². The van der Waals surface area contributed by atoms with Crippen molar-refractivity contribution in [2.45, 2.75) is 135 Å². The number of carbonyl (C=O) groups excluding carboxylic acids is 1. The van der Waals surface area contributed by atoms with Gasteiger partial charge in [0, 0.05) is 6.42 Å². The molecule has 1 atom stereocenters. The van der Waals surface area contributed by atoms with Gasteiger partial charge in [-0.05, 0) is 38.5 Å². The van der Waals surface area contributed by atoms with E-state index < -0.39 is 6.10 Å². The fraction of sp³-hybridized carbons (Fsp3) is 0.759. The van der Waals surface area contributed by atoms with E-state index in [2.05, 4.69) is 29.9 Å². The van der Waals surface area contributed by atoms with Crippen LogP contribution in [0.15, 0.2) is 36.5 Å². The molecule has 0 bridgehead atoms. The third kappa shape index (κ3) is 24.9. The van der Waals surface area contributed by atoms with Gasteiger partial charge in [-0.2, -0.15) is 0 Å². The number of hydrogen-bond donors (Lipinski definition) is 1. The standard InChI is InChI=1S/C29H52O3/c1-3-4-5-6-7-8-9-10-11-13-16-19-22-25-28(30)26-23-20-17-14-12-15-18-21-24-27-29(31)32-2/h17,19-20,22-23,26,28,30H,3-16,18,21,24-25,27H2,1-2H3/b20-17+,22-19+,26-23+/t28-/m0/s1. The van der Waals surface area contributed by atoms with E-state index in [4.69, 9.17) is 0 Å². The molecule has 0 unspecified atom stereocenters. The Morgan fingerprint density at radius 2 is 1.25 bits per heavy atom. The van der Waals surface area contributed by atoms with E-state index >= 15 is 0 Å². The zero-order valence-corrected chi connectivity index (χ0v) is 21.2. The topological polar surface area (TPSA) is 46.5 Å². The molecule has 0 amide bonds. The zero-order chi connectivity index (χ0) is 23.5. The van der Waals surface area contributed by atoms with E-state index in [1.807, 2.05) is 18.2 Å². The van der Waals surface area contributed by atoms with Gasteiger partial charge in [0.15, 0.2) is 0 Å². The average Bonchev–Trinajstić information content (AvgIpc) is 2.80. The van der Waals surface area contributed by atoms with Gasteiger partial charge in [0.25, 0.3) is 0 Å². The van der Waals surface area contributed by atoms with Crippen molar-refractivity contribution in [3.63, 3.8) is 0 Å². The maximum Gasteiger partial charge on any atom is 0.305 e. The molecule has 186 valence electrons. The van der Waals surface area contributed by atoms with Crippen LogP contribution in [0.4, 0.5) is 0 Å². The van der Waals surface area contributed by atoms with Crippen molar-refractivity contribution in [2.24, 2.45) is 0 Å². The first-order chi connectivity index (χ1) is 15.7. The molecule has 0 radical (unpaired) electrons. The number of aliphatic hydroxyl groups is 1. The summed E-state index contributed by atoms with van der Waals surface area (Å²) in [5.74, 6) is -0.105. The monoisotopic (exact) mass is 448 g/mol. The molecule has 0 aliphatic heterocycles. The van der Waals surface area contributed by atoms with Gasteiger partial charge < -0.3 is 9.84 Å². The smallest absolute Gasteiger partial charge is 0.305 e. The predicted octanol–water partition coefficient (Wildman–Crippen LogP) is 8.62. The van der Waals surface area contributed by atoms with Gasteiger partial charge in [-0.1, -0.05) is 120 Å². The molecule has 1 N–H and O–H groups in total. The second kappa shape index (κ2) is 25.9. The first-order valence-corrected chi connectivity index (χ1v) is 13.4. The average molecular weight is 449 g/mol. The Morgan fingerprint density at radius 1 is 0.719 bits per heavy atom. The number of aliphatic hydroxyl groups excluding tert-OH is 1. The van der Waals surface area contributed by atoms with Gasteiger partial charge in [-0.3, -0.25) is 4.79 Å². The predicted molar refractivity (Wildman–Crippen MR) is 139 cm³/mol. The van der Waals surface area contributed by atoms with Crippen molar-refractivity contribution < 1.29 is 14.6 Å². The highest BCUT2D eigenvalue weighted by atomic mass is 16.5. The molecule has 0 aliphatic rings. The maximum atomic E-state index is 11.0. The number of hydrogen-bond acceptors (Lipinski definition) is 3. The molecule has 3 heteroatoms. The van der Waals surface area contributed by atoms with Gasteiger partial charge in [-0.25, -0.2) is 0 Å². The van der Waals surface area contributed by atoms with Gasteiger partial charge in [0.2, 0.25) is 0 Å². The lowest BCUT2D eigenvalue weighted by molar-refractivity contribution is -0.140. The Bertz CT molecular complexity index is 479. The maximum absolute atomic E-state index is 11.0. The van der Waals surface area contributed by atoms with E-state index in [1.165, 1.54) is 90.6 Å². The highest BCUT2D eigenvalue weighted by Gasteiger charge is 1.98. The van der Waals surface area contributed by atoms with E-state index in [1.54, 1.807) is 0 Å². The van der Waals surface area contributed by atoms with Crippen LogP contribution in [0.5, 0.6) is 0 Å². The molecular formula is C29H52O3. The number of unbranched alkanes of at least 4 members (excludes halogenated alkanes) is 15. The minimum Gasteiger partial charge on any atom is -0.469 e. The number of rotatable bonds is 23. The molecule has 0 aliphatic carbocycles. The van der Waals surface area contributed by atoms with E-state index in [9.17, 15) is 9.90 Å². The summed E-state index contributed by atoms with van der Waals surface area (Å²) >= 11 is 0. The molecular weight excluding hydrogens is 396 g/mol. The van der Waals surface area contributed by atoms with Crippen molar-refractivity contribution in [3.05, 3.63) is 36.5 Å². The molecule has 0 spiro atoms. The second-order valence-corrected chi connectivity index (χ2v) is 8.94. The number of carbonyl (C=O) groups is 1. The summed E-state index contributed by atoms with van der Waals surface area (Å²) in [4.78, 5) is 11.0. The molecule has 0 aromatic carbocycles. The number of methoxy groups -OCH3 is 1. The van der Waals surface area contributed by atoms with Crippen molar-refractivity contribution in [2.75, 3.05) is 7.11 Å². The highest BCUT2D eigenvalue weighted by Crippen LogP contribution is 2.12. The van der Waals surface area contributed by atoms with Gasteiger partial charge in [0.1, 0.15) is 0 Å². The quantitative estimate of drug-likeness (QED) is 0.0736. The number of ether oxygens (including phenoxy) is 1. The van der Waals surface area contributed by atoms with Crippen molar-refractivity contribution in [1.29, 1.82) is 0 Å². The highest BCUT2D eigenvalue weighted by molar-refractivity contribution is 5.68. The fourth-order valence-electron chi connectivity index (χ4n) is 3.71.